The molecule has 0 N–H and O–H groups in total. The third kappa shape index (κ3) is 2.07. The van der Waals surface area contributed by atoms with Crippen molar-refractivity contribution in [2.45, 2.75) is 0 Å². The maximum atomic E-state index is 4.58. The van der Waals surface area contributed by atoms with E-state index in [1.807, 2.05) is 48.5 Å². The number of aromatic nitrogens is 4. The van der Waals surface area contributed by atoms with E-state index in [4.69, 9.17) is 0 Å². The Kier molecular flexibility index (Phi) is 2.71. The van der Waals surface area contributed by atoms with E-state index in [1.54, 1.807) is 10.8 Å². The Labute approximate surface area is 121 Å². The van der Waals surface area contributed by atoms with Crippen LogP contribution < -0.4 is 0 Å². The van der Waals surface area contributed by atoms with Crippen molar-refractivity contribution in [3.05, 3.63) is 73.1 Å². The molecule has 2 aromatic heterocycles. The van der Waals surface area contributed by atoms with E-state index >= 15 is 0 Å². The van der Waals surface area contributed by atoms with Crippen LogP contribution in [0.15, 0.2) is 73.1 Å². The molecule has 0 atom stereocenters. The lowest BCUT2D eigenvalue weighted by molar-refractivity contribution is 0.933. The van der Waals surface area contributed by atoms with E-state index in [1.165, 1.54) is 0 Å². The van der Waals surface area contributed by atoms with Crippen molar-refractivity contribution in [3.63, 3.8) is 0 Å². The third-order valence-electron chi connectivity index (χ3n) is 3.42. The van der Waals surface area contributed by atoms with Gasteiger partial charge in [0.1, 0.15) is 6.33 Å². The van der Waals surface area contributed by atoms with Crippen molar-refractivity contribution < 1.29 is 0 Å². The van der Waals surface area contributed by atoms with Crippen LogP contribution in [0.2, 0.25) is 0 Å². The highest BCUT2D eigenvalue weighted by atomic mass is 15.3. The molecule has 0 spiro atoms. The van der Waals surface area contributed by atoms with Crippen molar-refractivity contribution in [2.75, 3.05) is 0 Å². The molecule has 100 valence electrons. The zero-order valence-electron chi connectivity index (χ0n) is 11.2. The van der Waals surface area contributed by atoms with Crippen molar-refractivity contribution in [1.29, 1.82) is 0 Å². The normalized spacial score (nSPS) is 10.9. The van der Waals surface area contributed by atoms with E-state index in [0.29, 0.717) is 0 Å². The minimum Gasteiger partial charge on any atom is -0.199 e. The highest BCUT2D eigenvalue weighted by molar-refractivity contribution is 5.80. The molecule has 4 heteroatoms. The third-order valence-corrected chi connectivity index (χ3v) is 3.42. The first-order chi connectivity index (χ1) is 10.4. The average molecular weight is 272 g/mol. The van der Waals surface area contributed by atoms with Gasteiger partial charge in [-0.1, -0.05) is 60.7 Å². The molecular weight excluding hydrogens is 260 g/mol. The summed E-state index contributed by atoms with van der Waals surface area (Å²) >= 11 is 0. The summed E-state index contributed by atoms with van der Waals surface area (Å²) in [6, 6.07) is 22.4. The molecule has 0 bridgehead atoms. The second kappa shape index (κ2) is 4.83. The van der Waals surface area contributed by atoms with Gasteiger partial charge in [0.05, 0.1) is 5.69 Å². The summed E-state index contributed by atoms with van der Waals surface area (Å²) in [7, 11) is 0. The van der Waals surface area contributed by atoms with E-state index in [9.17, 15) is 0 Å². The minimum absolute atomic E-state index is 0.765. The van der Waals surface area contributed by atoms with Crippen molar-refractivity contribution >= 4 is 5.65 Å². The molecule has 2 aromatic carbocycles. The quantitative estimate of drug-likeness (QED) is 0.561. The fourth-order valence-corrected chi connectivity index (χ4v) is 2.41. The summed E-state index contributed by atoms with van der Waals surface area (Å²) in [6.07, 6.45) is 1.63. The SMILES string of the molecule is c1ccc(-c2cc(-c3ccccc3)c3nncn3n2)cc1. The van der Waals surface area contributed by atoms with Crippen molar-refractivity contribution in [1.82, 2.24) is 19.8 Å². The Bertz CT molecular complexity index is 882. The van der Waals surface area contributed by atoms with Crippen LogP contribution in [0.5, 0.6) is 0 Å². The molecule has 0 aliphatic carbocycles. The van der Waals surface area contributed by atoms with Gasteiger partial charge in [-0.2, -0.15) is 9.61 Å². The summed E-state index contributed by atoms with van der Waals surface area (Å²) < 4.78 is 1.73. The Morgan fingerprint density at radius 1 is 0.762 bits per heavy atom. The van der Waals surface area contributed by atoms with Gasteiger partial charge in [-0.25, -0.2) is 0 Å². The molecule has 21 heavy (non-hydrogen) atoms. The second-order valence-electron chi connectivity index (χ2n) is 4.77. The van der Waals surface area contributed by atoms with Gasteiger partial charge in [-0.15, -0.1) is 10.2 Å². The number of fused-ring (bicyclic) bond motifs is 1. The van der Waals surface area contributed by atoms with Crippen LogP contribution in [0.3, 0.4) is 0 Å². The van der Waals surface area contributed by atoms with Gasteiger partial charge in [0.15, 0.2) is 5.65 Å². The smallest absolute Gasteiger partial charge is 0.185 e. The van der Waals surface area contributed by atoms with Crippen LogP contribution in [0.1, 0.15) is 0 Å². The van der Waals surface area contributed by atoms with Gasteiger partial charge in [0.25, 0.3) is 0 Å². The van der Waals surface area contributed by atoms with E-state index in [0.717, 1.165) is 28.0 Å². The standard InChI is InChI=1S/C17H12N4/c1-3-7-13(8-4-1)15-11-16(14-9-5-2-6-10-14)20-21-12-18-19-17(15)21/h1-12H. The first-order valence-electron chi connectivity index (χ1n) is 6.74. The largest absolute Gasteiger partial charge is 0.199 e. The van der Waals surface area contributed by atoms with Crippen LogP contribution in [-0.4, -0.2) is 19.8 Å². The molecule has 0 aliphatic heterocycles. The molecule has 0 amide bonds. The van der Waals surface area contributed by atoms with E-state index < -0.39 is 0 Å². The molecule has 4 nitrogen and oxygen atoms in total. The number of benzene rings is 2. The van der Waals surface area contributed by atoms with Crippen LogP contribution >= 0.6 is 0 Å². The Balaban J connectivity index is 2.00. The first kappa shape index (κ1) is 11.8. The second-order valence-corrected chi connectivity index (χ2v) is 4.77. The van der Waals surface area contributed by atoms with Crippen molar-refractivity contribution in [2.24, 2.45) is 0 Å². The molecule has 0 saturated carbocycles. The number of rotatable bonds is 2. The number of hydrogen-bond acceptors (Lipinski definition) is 3. The lowest BCUT2D eigenvalue weighted by atomic mass is 10.0. The highest BCUT2D eigenvalue weighted by Gasteiger charge is 2.10. The van der Waals surface area contributed by atoms with Gasteiger partial charge in [0.2, 0.25) is 0 Å². The number of nitrogens with zero attached hydrogens (tertiary/aromatic N) is 4. The molecule has 0 radical (unpaired) electrons. The maximum absolute atomic E-state index is 4.58. The van der Waals surface area contributed by atoms with Crippen LogP contribution in [0, 0.1) is 0 Å². The summed E-state index contributed by atoms with van der Waals surface area (Å²) in [5.74, 6) is 0. The monoisotopic (exact) mass is 272 g/mol. The van der Waals surface area contributed by atoms with Crippen molar-refractivity contribution in [3.8, 4) is 22.4 Å². The topological polar surface area (TPSA) is 43.1 Å². The molecule has 0 fully saturated rings. The highest BCUT2D eigenvalue weighted by Crippen LogP contribution is 2.27. The maximum Gasteiger partial charge on any atom is 0.185 e. The molecule has 4 rings (SSSR count). The number of hydrogen-bond donors (Lipinski definition) is 0. The zero-order chi connectivity index (χ0) is 14.1. The predicted octanol–water partition coefficient (Wildman–Crippen LogP) is 3.46. The van der Waals surface area contributed by atoms with E-state index in [-0.39, 0.29) is 0 Å². The Morgan fingerprint density at radius 2 is 1.43 bits per heavy atom. The van der Waals surface area contributed by atoms with Crippen LogP contribution in [0.25, 0.3) is 28.0 Å². The molecule has 0 saturated heterocycles. The molecular formula is C17H12N4. The van der Waals surface area contributed by atoms with Gasteiger partial charge < -0.3 is 0 Å². The molecule has 2 heterocycles. The lowest BCUT2D eigenvalue weighted by Crippen LogP contribution is -1.96. The minimum atomic E-state index is 0.765. The summed E-state index contributed by atoms with van der Waals surface area (Å²) in [4.78, 5) is 0. The van der Waals surface area contributed by atoms with Crippen LogP contribution in [-0.2, 0) is 0 Å². The Morgan fingerprint density at radius 3 is 2.14 bits per heavy atom. The predicted molar refractivity (Wildman–Crippen MR) is 81.7 cm³/mol. The Hall–Kier alpha value is -3.01. The molecule has 0 unspecified atom stereocenters. The fraction of sp³-hybridized carbons (Fsp3) is 0. The summed E-state index contributed by atoms with van der Waals surface area (Å²) in [6.45, 7) is 0. The summed E-state index contributed by atoms with van der Waals surface area (Å²) in [5.41, 5.74) is 4.88. The molecule has 0 aliphatic rings. The van der Waals surface area contributed by atoms with Crippen LogP contribution in [0.4, 0.5) is 0 Å². The van der Waals surface area contributed by atoms with Gasteiger partial charge in [-0.3, -0.25) is 0 Å². The fourth-order valence-electron chi connectivity index (χ4n) is 2.41. The summed E-state index contributed by atoms with van der Waals surface area (Å²) in [5, 5.41) is 12.7. The molecule has 4 aromatic rings. The van der Waals surface area contributed by atoms with Gasteiger partial charge >= 0.3 is 0 Å². The zero-order valence-corrected chi connectivity index (χ0v) is 11.2. The average Bonchev–Trinajstić information content (AvgIpc) is 3.04. The van der Waals surface area contributed by atoms with E-state index in [2.05, 4.69) is 33.5 Å². The lowest BCUT2D eigenvalue weighted by Gasteiger charge is -2.07. The van der Waals surface area contributed by atoms with Gasteiger partial charge in [0, 0.05) is 11.1 Å². The van der Waals surface area contributed by atoms with Gasteiger partial charge in [-0.05, 0) is 11.6 Å². The first-order valence-corrected chi connectivity index (χ1v) is 6.74.